The number of nitrogens with one attached hydrogen (secondary N) is 5. The van der Waals surface area contributed by atoms with E-state index in [1.54, 1.807) is 45.0 Å². The first-order valence-electron chi connectivity index (χ1n) is 14.8. The van der Waals surface area contributed by atoms with Crippen LogP contribution in [-0.2, 0) is 19.2 Å². The Labute approximate surface area is 249 Å². The third kappa shape index (κ3) is 10.3. The molecule has 0 radical (unpaired) electrons. The van der Waals surface area contributed by atoms with Gasteiger partial charge in [-0.2, -0.15) is 0 Å². The van der Waals surface area contributed by atoms with E-state index in [0.717, 1.165) is 13.1 Å². The first-order valence-corrected chi connectivity index (χ1v) is 14.8. The van der Waals surface area contributed by atoms with Crippen molar-refractivity contribution >= 4 is 29.5 Å². The number of hydrogen-bond acceptors (Lipinski definition) is 7. The number of fused-ring (bicyclic) bond motifs is 1. The van der Waals surface area contributed by atoms with Gasteiger partial charge in [-0.25, -0.2) is 0 Å². The van der Waals surface area contributed by atoms with Crippen LogP contribution in [0.3, 0.4) is 0 Å². The maximum atomic E-state index is 13.4. The van der Waals surface area contributed by atoms with E-state index < -0.39 is 54.2 Å². The van der Waals surface area contributed by atoms with Crippen LogP contribution in [0.5, 0.6) is 5.75 Å². The van der Waals surface area contributed by atoms with E-state index in [1.165, 1.54) is 0 Å². The molecule has 0 spiro atoms. The maximum Gasteiger partial charge on any atom is 0.255 e. The van der Waals surface area contributed by atoms with Crippen LogP contribution in [0.4, 0.5) is 0 Å². The Hall–Kier alpha value is -3.67. The fraction of sp³-hybridized carbons (Fsp3) is 0.633. The second-order valence-corrected chi connectivity index (χ2v) is 11.3. The lowest BCUT2D eigenvalue weighted by Gasteiger charge is -2.28. The van der Waals surface area contributed by atoms with Crippen molar-refractivity contribution in [3.8, 4) is 5.75 Å². The quantitative estimate of drug-likeness (QED) is 0.301. The number of amides is 5. The van der Waals surface area contributed by atoms with Crippen molar-refractivity contribution in [2.75, 3.05) is 32.8 Å². The minimum atomic E-state index is -1.21. The molecule has 1 aromatic rings. The summed E-state index contributed by atoms with van der Waals surface area (Å²) in [6.45, 7) is 15.6. The van der Waals surface area contributed by atoms with Gasteiger partial charge >= 0.3 is 0 Å². The fourth-order valence-electron chi connectivity index (χ4n) is 4.55. The number of nitrogens with zero attached hydrogens (tertiary/aromatic N) is 1. The molecule has 0 bridgehead atoms. The van der Waals surface area contributed by atoms with Gasteiger partial charge in [-0.1, -0.05) is 53.7 Å². The molecule has 0 fully saturated rings. The lowest BCUT2D eigenvalue weighted by atomic mass is 9.99. The van der Waals surface area contributed by atoms with Crippen LogP contribution in [0.15, 0.2) is 24.3 Å². The molecule has 0 saturated carbocycles. The summed E-state index contributed by atoms with van der Waals surface area (Å²) in [5.41, 5.74) is 0.179. The highest BCUT2D eigenvalue weighted by molar-refractivity contribution is 6.01. The number of carbonyl (C=O) groups excluding carboxylic acids is 5. The summed E-state index contributed by atoms with van der Waals surface area (Å²) < 4.78 is 5.89. The van der Waals surface area contributed by atoms with Crippen LogP contribution in [0.2, 0.25) is 0 Å². The monoisotopic (exact) mass is 588 g/mol. The largest absolute Gasteiger partial charge is 0.491 e. The van der Waals surface area contributed by atoms with Crippen molar-refractivity contribution < 1.29 is 28.7 Å². The molecule has 0 aliphatic carbocycles. The van der Waals surface area contributed by atoms with Crippen LogP contribution >= 0.6 is 0 Å². The van der Waals surface area contributed by atoms with Gasteiger partial charge in [0, 0.05) is 13.1 Å². The molecule has 1 aromatic carbocycles. The zero-order valence-electron chi connectivity index (χ0n) is 25.9. The van der Waals surface area contributed by atoms with E-state index in [9.17, 15) is 24.0 Å². The van der Waals surface area contributed by atoms with Gasteiger partial charge in [0.25, 0.3) is 5.91 Å². The first kappa shape index (κ1) is 34.5. The van der Waals surface area contributed by atoms with Gasteiger partial charge in [0.05, 0.1) is 18.0 Å². The van der Waals surface area contributed by atoms with Crippen molar-refractivity contribution in [3.63, 3.8) is 0 Å². The number of para-hydroxylation sites is 1. The summed E-state index contributed by atoms with van der Waals surface area (Å²) >= 11 is 0. The third-order valence-corrected chi connectivity index (χ3v) is 7.15. The predicted octanol–water partition coefficient (Wildman–Crippen LogP) is 0.812. The van der Waals surface area contributed by atoms with Crippen molar-refractivity contribution in [2.45, 2.75) is 79.1 Å². The normalized spacial score (nSPS) is 22.8. The third-order valence-electron chi connectivity index (χ3n) is 7.15. The topological polar surface area (TPSA) is 158 Å². The molecule has 12 heteroatoms. The number of carbonyl (C=O) groups is 5. The zero-order valence-corrected chi connectivity index (χ0v) is 25.9. The Morgan fingerprint density at radius 3 is 2.14 bits per heavy atom. The van der Waals surface area contributed by atoms with E-state index in [2.05, 4.69) is 31.5 Å². The average molecular weight is 589 g/mol. The number of rotatable bonds is 8. The number of likely N-dealkylation sites (N-methyl/N-ethyl adjacent to an activating group) is 1. The molecule has 12 nitrogen and oxygen atoms in total. The van der Waals surface area contributed by atoms with E-state index in [1.807, 2.05) is 27.7 Å². The molecule has 1 aliphatic heterocycles. The van der Waals surface area contributed by atoms with Gasteiger partial charge in [-0.3, -0.25) is 24.0 Å². The van der Waals surface area contributed by atoms with Crippen molar-refractivity contribution in [1.29, 1.82) is 0 Å². The average Bonchev–Trinajstić information content (AvgIpc) is 2.94. The fourth-order valence-corrected chi connectivity index (χ4v) is 4.55. The molecule has 234 valence electrons. The highest BCUT2D eigenvalue weighted by atomic mass is 16.5. The number of ether oxygens (including phenoxy) is 1. The summed E-state index contributed by atoms with van der Waals surface area (Å²) in [6.07, 6.45) is -0.395. The molecule has 5 amide bonds. The zero-order chi connectivity index (χ0) is 31.4. The summed E-state index contributed by atoms with van der Waals surface area (Å²) in [4.78, 5) is 68.4. The summed E-state index contributed by atoms with van der Waals surface area (Å²) in [5.74, 6) is -2.91. The van der Waals surface area contributed by atoms with Crippen molar-refractivity contribution in [2.24, 2.45) is 11.8 Å². The van der Waals surface area contributed by atoms with Crippen LogP contribution in [0.1, 0.15) is 65.2 Å². The molecule has 2 rings (SSSR count). The Morgan fingerprint density at radius 1 is 0.929 bits per heavy atom. The highest BCUT2D eigenvalue weighted by Gasteiger charge is 2.33. The number of benzene rings is 1. The molecule has 1 aliphatic rings. The van der Waals surface area contributed by atoms with Gasteiger partial charge in [0.2, 0.25) is 23.6 Å². The minimum Gasteiger partial charge on any atom is -0.491 e. The molecule has 42 heavy (non-hydrogen) atoms. The van der Waals surface area contributed by atoms with Crippen molar-refractivity contribution in [3.05, 3.63) is 29.8 Å². The van der Waals surface area contributed by atoms with E-state index >= 15 is 0 Å². The second kappa shape index (κ2) is 16.7. The van der Waals surface area contributed by atoms with Gasteiger partial charge in [0.1, 0.15) is 30.5 Å². The lowest BCUT2D eigenvalue weighted by molar-refractivity contribution is -0.134. The second-order valence-electron chi connectivity index (χ2n) is 11.3. The maximum absolute atomic E-state index is 13.4. The van der Waals surface area contributed by atoms with E-state index in [-0.39, 0.29) is 35.7 Å². The summed E-state index contributed by atoms with van der Waals surface area (Å²) in [7, 11) is 0. The molecular weight excluding hydrogens is 540 g/mol. The van der Waals surface area contributed by atoms with Gasteiger partial charge < -0.3 is 36.2 Å². The SMILES string of the molecule is CCN(CC)CCNC(=O)[C@@H]1CC(=O)N[C@@H](C(C)C)C(=O)N[C@H](C(C)C)C(=O)N[C@@H](C)COc2ccccc2C(=O)N1. The van der Waals surface area contributed by atoms with E-state index in [4.69, 9.17) is 4.74 Å². The smallest absolute Gasteiger partial charge is 0.255 e. The van der Waals surface area contributed by atoms with Crippen molar-refractivity contribution in [1.82, 2.24) is 31.5 Å². The van der Waals surface area contributed by atoms with Gasteiger partial charge in [-0.05, 0) is 44.0 Å². The Bertz CT molecular complexity index is 1090. The van der Waals surface area contributed by atoms with Crippen LogP contribution < -0.4 is 31.3 Å². The Balaban J connectivity index is 2.42. The number of hydrogen-bond donors (Lipinski definition) is 5. The molecule has 4 atom stereocenters. The molecule has 1 heterocycles. The highest BCUT2D eigenvalue weighted by Crippen LogP contribution is 2.19. The predicted molar refractivity (Wildman–Crippen MR) is 160 cm³/mol. The molecular formula is C30H48N6O6. The van der Waals surface area contributed by atoms with E-state index in [0.29, 0.717) is 13.1 Å². The summed E-state index contributed by atoms with van der Waals surface area (Å²) in [6, 6.07) is 3.07. The van der Waals surface area contributed by atoms with Crippen LogP contribution in [0.25, 0.3) is 0 Å². The van der Waals surface area contributed by atoms with Crippen LogP contribution in [-0.4, -0.2) is 91.4 Å². The summed E-state index contributed by atoms with van der Waals surface area (Å²) in [5, 5.41) is 13.8. The molecule has 5 N–H and O–H groups in total. The molecule has 0 saturated heterocycles. The molecule has 0 aromatic heterocycles. The van der Waals surface area contributed by atoms with Gasteiger partial charge in [0.15, 0.2) is 0 Å². The minimum absolute atomic E-state index is 0.0543. The van der Waals surface area contributed by atoms with Gasteiger partial charge in [-0.15, -0.1) is 0 Å². The van der Waals surface area contributed by atoms with Crippen LogP contribution in [0, 0.1) is 11.8 Å². The lowest BCUT2D eigenvalue weighted by Crippen LogP contribution is -2.58. The molecule has 0 unspecified atom stereocenters. The standard InChI is InChI=1S/C30H48N6O6/c1-8-36(9-2)15-14-31-28(39)22-16-24(37)34-25(18(3)4)30(41)35-26(19(5)6)29(40)32-20(7)17-42-23-13-11-10-12-21(23)27(38)33-22/h10-13,18-20,22,25-26H,8-9,14-17H2,1-7H3,(H,31,39)(H,32,40)(H,33,38)(H,34,37)(H,35,41)/t20-,22-,25-,26+/m0/s1. The first-order chi connectivity index (χ1) is 19.9. The Kier molecular flexibility index (Phi) is 13.7. The Morgan fingerprint density at radius 2 is 1.52 bits per heavy atom.